The zero-order valence-electron chi connectivity index (χ0n) is 42.9. The molecule has 4 rings (SSSR count). The number of esters is 6. The van der Waals surface area contributed by atoms with Gasteiger partial charge in [-0.2, -0.15) is 0 Å². The third-order valence-corrected chi connectivity index (χ3v) is 11.5. The predicted octanol–water partition coefficient (Wildman–Crippen LogP) is 12.8. The number of hydrogen-bond donors (Lipinski definition) is 0. The molecule has 0 N–H and O–H groups in total. The van der Waals surface area contributed by atoms with E-state index < -0.39 is 11.9 Å². The van der Waals surface area contributed by atoms with Crippen LogP contribution in [0.1, 0.15) is 157 Å². The molecule has 0 unspecified atom stereocenters. The average Bonchev–Trinajstić information content (AvgIpc) is 3.38. The molecular formula is C59H74O14. The first-order valence-electron chi connectivity index (χ1n) is 25.8. The Morgan fingerprint density at radius 2 is 0.658 bits per heavy atom. The zero-order chi connectivity index (χ0) is 52.5. The molecule has 0 radical (unpaired) electrons. The third kappa shape index (κ3) is 24.8. The fraction of sp³-hybridized carbons (Fsp3) is 0.458. The second-order valence-corrected chi connectivity index (χ2v) is 18.0. The Morgan fingerprint density at radius 1 is 0.356 bits per heavy atom. The number of unbranched alkanes of at least 4 members (excludes halogenated alkanes) is 13. The van der Waals surface area contributed by atoms with Crippen molar-refractivity contribution >= 4 is 46.6 Å². The lowest BCUT2D eigenvalue weighted by Gasteiger charge is -2.10. The van der Waals surface area contributed by atoms with Crippen molar-refractivity contribution in [2.75, 3.05) is 39.6 Å². The summed E-state index contributed by atoms with van der Waals surface area (Å²) in [7, 11) is 0. The minimum absolute atomic E-state index is 0.187. The number of hydrogen-bond acceptors (Lipinski definition) is 14. The van der Waals surface area contributed by atoms with Crippen LogP contribution in [0.4, 0.5) is 0 Å². The first-order valence-corrected chi connectivity index (χ1v) is 25.8. The molecule has 0 aliphatic carbocycles. The van der Waals surface area contributed by atoms with E-state index in [4.69, 9.17) is 37.9 Å². The Bertz CT molecular complexity index is 2370. The van der Waals surface area contributed by atoms with Crippen LogP contribution in [0.5, 0.6) is 23.0 Å². The molecule has 0 aliphatic rings. The fourth-order valence-corrected chi connectivity index (χ4v) is 7.25. The predicted molar refractivity (Wildman–Crippen MR) is 279 cm³/mol. The van der Waals surface area contributed by atoms with Crippen LogP contribution in [0.2, 0.25) is 0 Å². The highest BCUT2D eigenvalue weighted by Gasteiger charge is 2.13. The number of benzene rings is 4. The maximum atomic E-state index is 13.0. The summed E-state index contributed by atoms with van der Waals surface area (Å²) in [5.74, 6) is -0.0585. The lowest BCUT2D eigenvalue weighted by Crippen LogP contribution is -2.09. The van der Waals surface area contributed by atoms with Gasteiger partial charge in [-0.05, 0) is 162 Å². The van der Waals surface area contributed by atoms with Crippen molar-refractivity contribution in [2.24, 2.45) is 0 Å². The van der Waals surface area contributed by atoms with Crippen LogP contribution in [0.25, 0.3) is 10.8 Å². The summed E-state index contributed by atoms with van der Waals surface area (Å²) in [6.45, 7) is 12.9. The number of carbonyl (C=O) groups excluding carboxylic acids is 6. The van der Waals surface area contributed by atoms with E-state index in [0.717, 1.165) is 94.2 Å². The largest absolute Gasteiger partial charge is 0.494 e. The summed E-state index contributed by atoms with van der Waals surface area (Å²) in [5.41, 5.74) is 1.54. The maximum absolute atomic E-state index is 13.0. The minimum atomic E-state index is -0.499. The second-order valence-electron chi connectivity index (χ2n) is 18.0. The van der Waals surface area contributed by atoms with Crippen LogP contribution >= 0.6 is 0 Å². The fourth-order valence-electron chi connectivity index (χ4n) is 7.25. The summed E-state index contributed by atoms with van der Waals surface area (Å²) in [6, 6.07) is 24.2. The van der Waals surface area contributed by atoms with Crippen LogP contribution in [0.15, 0.2) is 109 Å². The lowest BCUT2D eigenvalue weighted by atomic mass is 10.1. The summed E-state index contributed by atoms with van der Waals surface area (Å²) in [5, 5.41) is 1.61. The van der Waals surface area contributed by atoms with Gasteiger partial charge in [0.2, 0.25) is 0 Å². The molecule has 0 atom stereocenters. The highest BCUT2D eigenvalue weighted by Crippen LogP contribution is 2.27. The van der Waals surface area contributed by atoms with Crippen LogP contribution in [-0.2, 0) is 38.1 Å². The number of rotatable bonds is 37. The van der Waals surface area contributed by atoms with Gasteiger partial charge in [0.15, 0.2) is 0 Å². The Kier molecular flexibility index (Phi) is 27.6. The van der Waals surface area contributed by atoms with Gasteiger partial charge in [-0.1, -0.05) is 70.2 Å². The van der Waals surface area contributed by atoms with Gasteiger partial charge < -0.3 is 37.9 Å². The molecule has 73 heavy (non-hydrogen) atoms. The SMILES string of the molecule is C=C(C)C(=O)OCCCCCC(=O)OCCCCCCCCOc1ccc(C(=O)Oc2ccc3cc(OC(=O)c4ccc(OCCCCCCCOC(=O)CCCCCOC(=O)C(=C)C)cc4)ccc3c2)cc1. The Hall–Kier alpha value is -6.96. The highest BCUT2D eigenvalue weighted by atomic mass is 16.6. The molecule has 0 spiro atoms. The maximum Gasteiger partial charge on any atom is 0.343 e. The quantitative estimate of drug-likeness (QED) is 0.0137. The van der Waals surface area contributed by atoms with Crippen LogP contribution < -0.4 is 18.9 Å². The first-order chi connectivity index (χ1) is 35.4. The summed E-state index contributed by atoms with van der Waals surface area (Å²) in [4.78, 5) is 72.5. The standard InChI is InChI=1S/C59H74O14/c1-44(2)56(62)70-40-20-12-14-22-54(60)68-38-18-9-6-5-8-16-36-66-50-30-24-46(25-31-50)58(64)72-52-34-28-49-43-53(35-29-48(49)42-52)73-59(65)47-26-32-51(33-27-47)67-37-17-10-7-11-19-39-69-55(61)23-15-13-21-41-71-57(63)45(3)4/h24-35,42-43H,1,3,5-23,36-41H2,2,4H3. The van der Waals surface area contributed by atoms with E-state index in [-0.39, 0.29) is 23.9 Å². The van der Waals surface area contributed by atoms with E-state index in [1.807, 2.05) is 0 Å². The van der Waals surface area contributed by atoms with E-state index in [2.05, 4.69) is 13.2 Å². The van der Waals surface area contributed by atoms with Crippen molar-refractivity contribution < 1.29 is 66.7 Å². The minimum Gasteiger partial charge on any atom is -0.494 e. The van der Waals surface area contributed by atoms with Crippen LogP contribution in [-0.4, -0.2) is 75.5 Å². The Labute approximate surface area is 430 Å². The van der Waals surface area contributed by atoms with Gasteiger partial charge >= 0.3 is 35.8 Å². The van der Waals surface area contributed by atoms with Crippen molar-refractivity contribution in [2.45, 2.75) is 136 Å². The third-order valence-electron chi connectivity index (χ3n) is 11.5. The topological polar surface area (TPSA) is 176 Å². The summed E-state index contributed by atoms with van der Waals surface area (Å²) < 4.78 is 43.8. The second kappa shape index (κ2) is 34.4. The van der Waals surface area contributed by atoms with Gasteiger partial charge in [0.1, 0.15) is 23.0 Å². The van der Waals surface area contributed by atoms with Gasteiger partial charge in [0, 0.05) is 24.0 Å². The van der Waals surface area contributed by atoms with E-state index in [9.17, 15) is 28.8 Å². The smallest absolute Gasteiger partial charge is 0.343 e. The molecule has 0 bridgehead atoms. The molecule has 0 aromatic heterocycles. The molecule has 14 nitrogen and oxygen atoms in total. The van der Waals surface area contributed by atoms with Gasteiger partial charge in [0.25, 0.3) is 0 Å². The van der Waals surface area contributed by atoms with Crippen LogP contribution in [0.3, 0.4) is 0 Å². The van der Waals surface area contributed by atoms with Crippen molar-refractivity contribution in [3.05, 3.63) is 120 Å². The zero-order valence-corrected chi connectivity index (χ0v) is 42.9. The van der Waals surface area contributed by atoms with Crippen molar-refractivity contribution in [3.8, 4) is 23.0 Å². The van der Waals surface area contributed by atoms with E-state index in [1.54, 1.807) is 98.8 Å². The molecule has 14 heteroatoms. The molecule has 0 fully saturated rings. The number of fused-ring (bicyclic) bond motifs is 1. The number of ether oxygens (including phenoxy) is 8. The highest BCUT2D eigenvalue weighted by molar-refractivity contribution is 5.94. The monoisotopic (exact) mass is 1010 g/mol. The molecule has 0 heterocycles. The van der Waals surface area contributed by atoms with Gasteiger partial charge in [-0.25, -0.2) is 19.2 Å². The van der Waals surface area contributed by atoms with E-state index in [0.29, 0.717) is 123 Å². The van der Waals surface area contributed by atoms with E-state index >= 15 is 0 Å². The average molecular weight is 1010 g/mol. The molecule has 0 aliphatic heterocycles. The van der Waals surface area contributed by atoms with Crippen molar-refractivity contribution in [1.29, 1.82) is 0 Å². The molecule has 0 amide bonds. The van der Waals surface area contributed by atoms with Crippen molar-refractivity contribution in [3.63, 3.8) is 0 Å². The van der Waals surface area contributed by atoms with E-state index in [1.165, 1.54) is 0 Å². The molecular weight excluding hydrogens is 933 g/mol. The van der Waals surface area contributed by atoms with Gasteiger partial charge in [-0.15, -0.1) is 0 Å². The van der Waals surface area contributed by atoms with Gasteiger partial charge in [-0.3, -0.25) is 9.59 Å². The normalized spacial score (nSPS) is 10.8. The van der Waals surface area contributed by atoms with Gasteiger partial charge in [0.05, 0.1) is 50.8 Å². The molecule has 394 valence electrons. The molecule has 4 aromatic rings. The Balaban J connectivity index is 1.01. The molecule has 0 saturated heterocycles. The number of carbonyl (C=O) groups is 6. The molecule has 0 saturated carbocycles. The summed E-state index contributed by atoms with van der Waals surface area (Å²) >= 11 is 0. The van der Waals surface area contributed by atoms with Crippen molar-refractivity contribution in [1.82, 2.24) is 0 Å². The molecule has 4 aromatic carbocycles. The van der Waals surface area contributed by atoms with Crippen LogP contribution in [0, 0.1) is 0 Å². The first kappa shape index (κ1) is 58.6. The Morgan fingerprint density at radius 3 is 1.01 bits per heavy atom. The lowest BCUT2D eigenvalue weighted by molar-refractivity contribution is -0.144. The summed E-state index contributed by atoms with van der Waals surface area (Å²) in [6.07, 6.45) is 15.6.